The molecule has 2 N–H and O–H groups in total. The maximum Gasteiger partial charge on any atom is 0.222 e. The third-order valence-corrected chi connectivity index (χ3v) is 3.82. The van der Waals surface area contributed by atoms with E-state index in [9.17, 15) is 4.79 Å². The van der Waals surface area contributed by atoms with Gasteiger partial charge >= 0.3 is 0 Å². The largest absolute Gasteiger partial charge is 0.353 e. The maximum absolute atomic E-state index is 11.9. The summed E-state index contributed by atoms with van der Waals surface area (Å²) in [5, 5.41) is 14.6. The van der Waals surface area contributed by atoms with E-state index in [0.29, 0.717) is 31.6 Å². The molecule has 1 saturated carbocycles. The van der Waals surface area contributed by atoms with E-state index in [1.54, 1.807) is 4.68 Å². The van der Waals surface area contributed by atoms with Gasteiger partial charge in [0.2, 0.25) is 5.91 Å². The fourth-order valence-corrected chi connectivity index (χ4v) is 2.60. The average molecular weight is 293 g/mol. The van der Waals surface area contributed by atoms with Crippen molar-refractivity contribution in [2.75, 3.05) is 0 Å². The van der Waals surface area contributed by atoms with Gasteiger partial charge in [-0.15, -0.1) is 5.10 Å². The molecule has 0 radical (unpaired) electrons. The molecule has 1 aromatic rings. The predicted molar refractivity (Wildman–Crippen MR) is 81.6 cm³/mol. The molecule has 1 aliphatic rings. The lowest BCUT2D eigenvalue weighted by Crippen LogP contribution is -2.36. The number of amides is 1. The van der Waals surface area contributed by atoms with Crippen molar-refractivity contribution in [3.8, 4) is 0 Å². The van der Waals surface area contributed by atoms with Crippen LogP contribution in [0.25, 0.3) is 0 Å². The number of rotatable bonds is 7. The molecule has 6 nitrogen and oxygen atoms in total. The second-order valence-electron chi connectivity index (χ2n) is 6.16. The summed E-state index contributed by atoms with van der Waals surface area (Å²) in [6.45, 7) is 5.50. The fourth-order valence-electron chi connectivity index (χ4n) is 2.60. The van der Waals surface area contributed by atoms with Crippen LogP contribution >= 0.6 is 0 Å². The number of carbonyl (C=O) groups is 1. The molecule has 0 unspecified atom stereocenters. The van der Waals surface area contributed by atoms with Gasteiger partial charge in [0, 0.05) is 31.2 Å². The Bertz CT molecular complexity index is 437. The number of carbonyl (C=O) groups excluding carboxylic acids is 1. The molecule has 1 amide bonds. The molecule has 1 aromatic heterocycles. The number of aryl methyl sites for hydroxylation is 1. The van der Waals surface area contributed by atoms with Crippen LogP contribution in [0.4, 0.5) is 0 Å². The lowest BCUT2D eigenvalue weighted by molar-refractivity contribution is -0.122. The highest BCUT2D eigenvalue weighted by atomic mass is 16.1. The van der Waals surface area contributed by atoms with Crippen molar-refractivity contribution in [1.82, 2.24) is 25.6 Å². The molecule has 0 aliphatic heterocycles. The first-order valence-corrected chi connectivity index (χ1v) is 8.05. The molecule has 1 fully saturated rings. The number of hydrogen-bond acceptors (Lipinski definition) is 4. The van der Waals surface area contributed by atoms with E-state index in [-0.39, 0.29) is 5.91 Å². The summed E-state index contributed by atoms with van der Waals surface area (Å²) >= 11 is 0. The molecule has 2 rings (SSSR count). The highest BCUT2D eigenvalue weighted by molar-refractivity contribution is 5.76. The third-order valence-electron chi connectivity index (χ3n) is 3.82. The summed E-state index contributed by atoms with van der Waals surface area (Å²) in [5.74, 6) is 0.124. The van der Waals surface area contributed by atoms with E-state index < -0.39 is 0 Å². The molecular formula is C15H27N5O. The van der Waals surface area contributed by atoms with Crippen molar-refractivity contribution in [3.05, 3.63) is 11.9 Å². The first kappa shape index (κ1) is 15.9. The molecule has 0 saturated heterocycles. The Labute approximate surface area is 126 Å². The standard InChI is InChI=1S/C15H27N5O/c1-12(2)16-10-14-11-20(19-18-14)9-8-15(21)17-13-6-4-3-5-7-13/h11-13,16H,3-10H2,1-2H3,(H,17,21). The van der Waals surface area contributed by atoms with Crippen LogP contribution in [0.3, 0.4) is 0 Å². The Kier molecular flexibility index (Phi) is 6.17. The summed E-state index contributed by atoms with van der Waals surface area (Å²) in [7, 11) is 0. The minimum absolute atomic E-state index is 0.124. The Morgan fingerprint density at radius 3 is 2.86 bits per heavy atom. The van der Waals surface area contributed by atoms with Crippen molar-refractivity contribution in [2.45, 2.75) is 77.5 Å². The van der Waals surface area contributed by atoms with Gasteiger partial charge in [-0.25, -0.2) is 0 Å². The van der Waals surface area contributed by atoms with Crippen LogP contribution < -0.4 is 10.6 Å². The zero-order valence-electron chi connectivity index (χ0n) is 13.1. The topological polar surface area (TPSA) is 71.8 Å². The van der Waals surface area contributed by atoms with Gasteiger partial charge in [-0.3, -0.25) is 9.48 Å². The van der Waals surface area contributed by atoms with Crippen LogP contribution in [0, 0.1) is 0 Å². The van der Waals surface area contributed by atoms with Crippen LogP contribution in [0.1, 0.15) is 58.1 Å². The highest BCUT2D eigenvalue weighted by Gasteiger charge is 2.15. The van der Waals surface area contributed by atoms with Gasteiger partial charge < -0.3 is 10.6 Å². The monoisotopic (exact) mass is 293 g/mol. The summed E-state index contributed by atoms with van der Waals surface area (Å²) in [5.41, 5.74) is 0.913. The second-order valence-corrected chi connectivity index (χ2v) is 6.16. The Balaban J connectivity index is 1.68. The van der Waals surface area contributed by atoms with E-state index in [4.69, 9.17) is 0 Å². The SMILES string of the molecule is CC(C)NCc1cn(CCC(=O)NC2CCCCC2)nn1. The quantitative estimate of drug-likeness (QED) is 0.801. The predicted octanol–water partition coefficient (Wildman–Crippen LogP) is 1.62. The molecule has 6 heteroatoms. The average Bonchev–Trinajstić information content (AvgIpc) is 2.92. The van der Waals surface area contributed by atoms with Crippen molar-refractivity contribution in [1.29, 1.82) is 0 Å². The number of nitrogens with one attached hydrogen (secondary N) is 2. The Morgan fingerprint density at radius 1 is 1.38 bits per heavy atom. The Morgan fingerprint density at radius 2 is 2.14 bits per heavy atom. The van der Waals surface area contributed by atoms with Crippen LogP contribution in [-0.2, 0) is 17.9 Å². The number of aromatic nitrogens is 3. The lowest BCUT2D eigenvalue weighted by atomic mass is 9.95. The smallest absolute Gasteiger partial charge is 0.222 e. The molecular weight excluding hydrogens is 266 g/mol. The third kappa shape index (κ3) is 5.83. The van der Waals surface area contributed by atoms with Crippen molar-refractivity contribution < 1.29 is 4.79 Å². The minimum atomic E-state index is 0.124. The van der Waals surface area contributed by atoms with Gasteiger partial charge in [-0.1, -0.05) is 38.3 Å². The normalized spacial score (nSPS) is 16.3. The minimum Gasteiger partial charge on any atom is -0.353 e. The molecule has 1 heterocycles. The molecule has 0 atom stereocenters. The van der Waals surface area contributed by atoms with Gasteiger partial charge in [-0.2, -0.15) is 0 Å². The van der Waals surface area contributed by atoms with E-state index >= 15 is 0 Å². The molecule has 118 valence electrons. The van der Waals surface area contributed by atoms with E-state index in [1.165, 1.54) is 19.3 Å². The Hall–Kier alpha value is -1.43. The first-order valence-electron chi connectivity index (χ1n) is 8.05. The van der Waals surface area contributed by atoms with E-state index in [0.717, 1.165) is 18.5 Å². The van der Waals surface area contributed by atoms with Crippen LogP contribution in [0.5, 0.6) is 0 Å². The summed E-state index contributed by atoms with van der Waals surface area (Å²) < 4.78 is 1.75. The van der Waals surface area contributed by atoms with Gasteiger partial charge in [0.25, 0.3) is 0 Å². The van der Waals surface area contributed by atoms with Crippen molar-refractivity contribution >= 4 is 5.91 Å². The van der Waals surface area contributed by atoms with Gasteiger partial charge in [0.15, 0.2) is 0 Å². The van der Waals surface area contributed by atoms with Crippen LogP contribution in [0.2, 0.25) is 0 Å². The summed E-state index contributed by atoms with van der Waals surface area (Å²) in [6, 6.07) is 0.809. The fraction of sp³-hybridized carbons (Fsp3) is 0.800. The van der Waals surface area contributed by atoms with E-state index in [2.05, 4.69) is 34.8 Å². The second kappa shape index (κ2) is 8.12. The molecule has 0 aromatic carbocycles. The molecule has 0 spiro atoms. The van der Waals surface area contributed by atoms with Crippen molar-refractivity contribution in [2.24, 2.45) is 0 Å². The van der Waals surface area contributed by atoms with Crippen molar-refractivity contribution in [3.63, 3.8) is 0 Å². The maximum atomic E-state index is 11.9. The zero-order chi connectivity index (χ0) is 15.1. The van der Waals surface area contributed by atoms with Crippen LogP contribution in [-0.4, -0.2) is 33.0 Å². The summed E-state index contributed by atoms with van der Waals surface area (Å²) in [4.78, 5) is 11.9. The number of hydrogen-bond donors (Lipinski definition) is 2. The van der Waals surface area contributed by atoms with Gasteiger partial charge in [0.05, 0.1) is 12.2 Å². The zero-order valence-corrected chi connectivity index (χ0v) is 13.1. The van der Waals surface area contributed by atoms with Crippen LogP contribution in [0.15, 0.2) is 6.20 Å². The summed E-state index contributed by atoms with van der Waals surface area (Å²) in [6.07, 6.45) is 8.40. The van der Waals surface area contributed by atoms with E-state index in [1.807, 2.05) is 6.20 Å². The molecule has 1 aliphatic carbocycles. The first-order chi connectivity index (χ1) is 10.1. The van der Waals surface area contributed by atoms with Gasteiger partial charge in [0.1, 0.15) is 0 Å². The lowest BCUT2D eigenvalue weighted by Gasteiger charge is -2.22. The highest BCUT2D eigenvalue weighted by Crippen LogP contribution is 2.17. The number of nitrogens with zero attached hydrogens (tertiary/aromatic N) is 3. The molecule has 21 heavy (non-hydrogen) atoms. The molecule has 0 bridgehead atoms. The van der Waals surface area contributed by atoms with Gasteiger partial charge in [-0.05, 0) is 12.8 Å².